The van der Waals surface area contributed by atoms with Gasteiger partial charge in [0.25, 0.3) is 0 Å². The van der Waals surface area contributed by atoms with Crippen molar-refractivity contribution in [3.63, 3.8) is 0 Å². The van der Waals surface area contributed by atoms with Gasteiger partial charge in [-0.3, -0.25) is 0 Å². The molecule has 1 aromatic heterocycles. The van der Waals surface area contributed by atoms with E-state index in [1.807, 2.05) is 0 Å². The van der Waals surface area contributed by atoms with Gasteiger partial charge in [-0.1, -0.05) is 6.07 Å². The zero-order valence-corrected chi connectivity index (χ0v) is 13.6. The molecule has 1 saturated carbocycles. The molecular weight excluding hydrogens is 260 g/mol. The van der Waals surface area contributed by atoms with Crippen LogP contribution in [0.2, 0.25) is 0 Å². The summed E-state index contributed by atoms with van der Waals surface area (Å²) in [5.74, 6) is 1.88. The van der Waals surface area contributed by atoms with Crippen LogP contribution in [-0.4, -0.2) is 49.7 Å². The first kappa shape index (κ1) is 14.8. The number of hydrogen-bond donors (Lipinski definition) is 1. The summed E-state index contributed by atoms with van der Waals surface area (Å²) in [6, 6.07) is 5.17. The summed E-state index contributed by atoms with van der Waals surface area (Å²) in [7, 11) is 4.38. The molecule has 1 aliphatic heterocycles. The van der Waals surface area contributed by atoms with Crippen molar-refractivity contribution in [1.29, 1.82) is 0 Å². The van der Waals surface area contributed by atoms with Crippen molar-refractivity contribution in [2.75, 3.05) is 38.6 Å². The Labute approximate surface area is 128 Å². The number of aromatic nitrogens is 1. The summed E-state index contributed by atoms with van der Waals surface area (Å²) >= 11 is 0. The molecule has 0 spiro atoms. The highest BCUT2D eigenvalue weighted by molar-refractivity contribution is 5.41. The van der Waals surface area contributed by atoms with Crippen LogP contribution in [0.25, 0.3) is 0 Å². The molecule has 0 bridgehead atoms. The molecule has 0 amide bonds. The molecule has 0 radical (unpaired) electrons. The van der Waals surface area contributed by atoms with Crippen LogP contribution >= 0.6 is 0 Å². The van der Waals surface area contributed by atoms with Gasteiger partial charge < -0.3 is 15.1 Å². The Balaban J connectivity index is 1.57. The molecule has 1 saturated heterocycles. The summed E-state index contributed by atoms with van der Waals surface area (Å²) in [4.78, 5) is 9.54. The summed E-state index contributed by atoms with van der Waals surface area (Å²) in [6.07, 6.45) is 3.98. The van der Waals surface area contributed by atoms with E-state index in [9.17, 15) is 0 Å². The average Bonchev–Trinajstić information content (AvgIpc) is 3.20. The fourth-order valence-corrected chi connectivity index (χ4v) is 3.17. The predicted molar refractivity (Wildman–Crippen MR) is 87.7 cm³/mol. The highest BCUT2D eigenvalue weighted by Crippen LogP contribution is 2.21. The van der Waals surface area contributed by atoms with Crippen LogP contribution in [0, 0.1) is 12.8 Å². The smallest absolute Gasteiger partial charge is 0.128 e. The van der Waals surface area contributed by atoms with Crippen molar-refractivity contribution >= 4 is 5.82 Å². The molecular formula is C17H28N4. The Kier molecular flexibility index (Phi) is 4.45. The Morgan fingerprint density at radius 2 is 2.14 bits per heavy atom. The van der Waals surface area contributed by atoms with Crippen LogP contribution in [0.4, 0.5) is 5.82 Å². The van der Waals surface area contributed by atoms with Crippen molar-refractivity contribution in [3.8, 4) is 0 Å². The van der Waals surface area contributed by atoms with Crippen molar-refractivity contribution in [2.24, 2.45) is 5.92 Å². The lowest BCUT2D eigenvalue weighted by molar-refractivity contribution is 0.395. The topological polar surface area (TPSA) is 31.4 Å². The van der Waals surface area contributed by atoms with Crippen LogP contribution in [0.1, 0.15) is 30.5 Å². The van der Waals surface area contributed by atoms with E-state index in [2.05, 4.69) is 48.3 Å². The second kappa shape index (κ2) is 6.32. The highest BCUT2D eigenvalue weighted by Gasteiger charge is 2.22. The molecule has 21 heavy (non-hydrogen) atoms. The van der Waals surface area contributed by atoms with Crippen LogP contribution < -0.4 is 10.2 Å². The molecule has 1 atom stereocenters. The van der Waals surface area contributed by atoms with E-state index in [4.69, 9.17) is 4.98 Å². The molecule has 1 N–H and O–H groups in total. The molecule has 1 aliphatic carbocycles. The predicted octanol–water partition coefficient (Wildman–Crippen LogP) is 2.03. The molecule has 4 nitrogen and oxygen atoms in total. The molecule has 2 heterocycles. The summed E-state index contributed by atoms with van der Waals surface area (Å²) < 4.78 is 0. The number of pyridine rings is 1. The Morgan fingerprint density at radius 3 is 2.76 bits per heavy atom. The van der Waals surface area contributed by atoms with E-state index >= 15 is 0 Å². The Morgan fingerprint density at radius 1 is 1.33 bits per heavy atom. The maximum atomic E-state index is 4.80. The molecule has 4 heteroatoms. The monoisotopic (exact) mass is 288 g/mol. The third kappa shape index (κ3) is 3.95. The molecule has 2 fully saturated rings. The second-order valence-electron chi connectivity index (χ2n) is 6.87. The van der Waals surface area contributed by atoms with Crippen molar-refractivity contribution in [2.45, 2.75) is 38.8 Å². The Hall–Kier alpha value is -1.13. The molecule has 116 valence electrons. The number of rotatable bonds is 6. The average molecular weight is 288 g/mol. The van der Waals surface area contributed by atoms with Gasteiger partial charge in [0.15, 0.2) is 0 Å². The van der Waals surface area contributed by atoms with Gasteiger partial charge in [-0.2, -0.15) is 0 Å². The zero-order valence-electron chi connectivity index (χ0n) is 13.6. The Bertz CT molecular complexity index is 484. The first-order valence-corrected chi connectivity index (χ1v) is 8.21. The van der Waals surface area contributed by atoms with Gasteiger partial charge in [0.1, 0.15) is 5.82 Å². The van der Waals surface area contributed by atoms with E-state index in [0.29, 0.717) is 0 Å². The first-order valence-electron chi connectivity index (χ1n) is 8.21. The van der Waals surface area contributed by atoms with E-state index in [1.54, 1.807) is 0 Å². The minimum Gasteiger partial charge on any atom is -0.359 e. The number of anilines is 1. The SMILES string of the molecule is Cc1nc(N(C)CC2CCN(C)C2)ccc1CNC1CC1. The summed E-state index contributed by atoms with van der Waals surface area (Å²) in [5.41, 5.74) is 2.50. The highest BCUT2D eigenvalue weighted by atomic mass is 15.2. The van der Waals surface area contributed by atoms with Crippen LogP contribution in [0.5, 0.6) is 0 Å². The number of nitrogens with zero attached hydrogens (tertiary/aromatic N) is 3. The fraction of sp³-hybridized carbons (Fsp3) is 0.706. The molecule has 1 unspecified atom stereocenters. The summed E-state index contributed by atoms with van der Waals surface area (Å²) in [5, 5.41) is 3.57. The molecule has 3 rings (SSSR count). The lowest BCUT2D eigenvalue weighted by atomic mass is 10.1. The normalized spacial score (nSPS) is 22.7. The second-order valence-corrected chi connectivity index (χ2v) is 6.87. The number of likely N-dealkylation sites (tertiary alicyclic amines) is 1. The van der Waals surface area contributed by atoms with E-state index in [-0.39, 0.29) is 0 Å². The van der Waals surface area contributed by atoms with Crippen LogP contribution in [0.3, 0.4) is 0 Å². The maximum Gasteiger partial charge on any atom is 0.128 e. The van der Waals surface area contributed by atoms with Gasteiger partial charge in [-0.15, -0.1) is 0 Å². The quantitative estimate of drug-likeness (QED) is 0.868. The van der Waals surface area contributed by atoms with Crippen molar-refractivity contribution in [1.82, 2.24) is 15.2 Å². The molecule has 1 aromatic rings. The maximum absolute atomic E-state index is 4.80. The van der Waals surface area contributed by atoms with Crippen molar-refractivity contribution < 1.29 is 0 Å². The molecule has 0 aromatic carbocycles. The standard InChI is InChI=1S/C17H28N4/c1-13-15(10-18-16-5-6-16)4-7-17(19-13)21(3)12-14-8-9-20(2)11-14/h4,7,14,16,18H,5-6,8-12H2,1-3H3. The van der Waals surface area contributed by atoms with Crippen molar-refractivity contribution in [3.05, 3.63) is 23.4 Å². The third-order valence-electron chi connectivity index (χ3n) is 4.75. The van der Waals surface area contributed by atoms with Gasteiger partial charge in [-0.05, 0) is 57.3 Å². The van der Waals surface area contributed by atoms with Gasteiger partial charge in [0, 0.05) is 38.4 Å². The lowest BCUT2D eigenvalue weighted by Crippen LogP contribution is -2.28. The van der Waals surface area contributed by atoms with Crippen LogP contribution in [0.15, 0.2) is 12.1 Å². The van der Waals surface area contributed by atoms with Gasteiger partial charge in [0.2, 0.25) is 0 Å². The van der Waals surface area contributed by atoms with E-state index in [1.165, 1.54) is 37.9 Å². The number of nitrogens with one attached hydrogen (secondary N) is 1. The number of hydrogen-bond acceptors (Lipinski definition) is 4. The van der Waals surface area contributed by atoms with Crippen LogP contribution in [-0.2, 0) is 6.54 Å². The lowest BCUT2D eigenvalue weighted by Gasteiger charge is -2.23. The van der Waals surface area contributed by atoms with Gasteiger partial charge >= 0.3 is 0 Å². The molecule has 2 aliphatic rings. The third-order valence-corrected chi connectivity index (χ3v) is 4.75. The van der Waals surface area contributed by atoms with E-state index < -0.39 is 0 Å². The number of aryl methyl sites for hydroxylation is 1. The first-order chi connectivity index (χ1) is 10.1. The van der Waals surface area contributed by atoms with Gasteiger partial charge in [-0.25, -0.2) is 4.98 Å². The summed E-state index contributed by atoms with van der Waals surface area (Å²) in [6.45, 7) is 6.64. The zero-order chi connectivity index (χ0) is 14.8. The minimum atomic E-state index is 0.756. The van der Waals surface area contributed by atoms with Gasteiger partial charge in [0.05, 0.1) is 0 Å². The largest absolute Gasteiger partial charge is 0.359 e. The minimum absolute atomic E-state index is 0.756. The fourth-order valence-electron chi connectivity index (χ4n) is 3.17. The van der Waals surface area contributed by atoms with E-state index in [0.717, 1.165) is 36.6 Å².